The maximum Gasteiger partial charge on any atom is 0.344 e. The number of hydrogen-bond acceptors (Lipinski definition) is 12. The van der Waals surface area contributed by atoms with E-state index in [4.69, 9.17) is 27.8 Å². The summed E-state index contributed by atoms with van der Waals surface area (Å²) >= 11 is 0. The molecule has 222 valence electrons. The van der Waals surface area contributed by atoms with E-state index in [0.717, 1.165) is 12.1 Å². The Hall–Kier alpha value is -4.74. The van der Waals surface area contributed by atoms with Gasteiger partial charge in [-0.15, -0.1) is 0 Å². The Balaban J connectivity index is 2.12. The van der Waals surface area contributed by atoms with E-state index in [2.05, 4.69) is 0 Å². The monoisotopic (exact) mass is 582 g/mol. The minimum atomic E-state index is -0.980. The number of carbonyl (C=O) groups is 4. The zero-order chi connectivity index (χ0) is 30.6. The van der Waals surface area contributed by atoms with E-state index in [0.29, 0.717) is 25.7 Å². The van der Waals surface area contributed by atoms with E-state index >= 15 is 0 Å². The highest BCUT2D eigenvalue weighted by Gasteiger charge is 2.30. The number of benzene rings is 2. The Morgan fingerprint density at radius 1 is 0.548 bits per heavy atom. The van der Waals surface area contributed by atoms with Crippen LogP contribution in [0.1, 0.15) is 79.1 Å². The minimum absolute atomic E-state index is 0.000706. The van der Waals surface area contributed by atoms with E-state index in [1.807, 2.05) is 0 Å². The number of esters is 4. The molecule has 42 heavy (non-hydrogen) atoms. The van der Waals surface area contributed by atoms with E-state index in [-0.39, 0.29) is 81.4 Å². The molecular weight excluding hydrogens is 552 g/mol. The van der Waals surface area contributed by atoms with Crippen molar-refractivity contribution in [1.29, 1.82) is 0 Å². The van der Waals surface area contributed by atoms with Crippen LogP contribution in [0.4, 0.5) is 0 Å². The van der Waals surface area contributed by atoms with Gasteiger partial charge in [0.25, 0.3) is 0 Å². The van der Waals surface area contributed by atoms with Gasteiger partial charge in [-0.3, -0.25) is 19.2 Å². The van der Waals surface area contributed by atoms with Crippen molar-refractivity contribution in [1.82, 2.24) is 0 Å². The van der Waals surface area contributed by atoms with Gasteiger partial charge in [-0.1, -0.05) is 27.7 Å². The zero-order valence-corrected chi connectivity index (χ0v) is 23.7. The van der Waals surface area contributed by atoms with Gasteiger partial charge < -0.3 is 27.8 Å². The molecule has 0 saturated carbocycles. The van der Waals surface area contributed by atoms with Gasteiger partial charge in [0.1, 0.15) is 0 Å². The zero-order valence-electron chi connectivity index (χ0n) is 23.7. The van der Waals surface area contributed by atoms with Crippen molar-refractivity contribution in [2.75, 3.05) is 0 Å². The predicted molar refractivity (Wildman–Crippen MR) is 149 cm³/mol. The summed E-state index contributed by atoms with van der Waals surface area (Å²) in [5, 5.41) is -0.348. The minimum Gasteiger partial charge on any atom is -0.422 e. The van der Waals surface area contributed by atoms with Crippen molar-refractivity contribution in [3.05, 3.63) is 33.0 Å². The standard InChI is InChI=1S/C30H30O12/c1-5-9-19(31)37-17-13-15-23-24-16(30(36)41-27(23)25(17)39-21(33)11-7-3)14-18(38-20(32)10-6-2)26(28(24)42-29(15)35)40-22(34)12-8-4/h13-14H,5-12H2,1-4H3. The second-order valence-corrected chi connectivity index (χ2v) is 9.59. The third-order valence-electron chi connectivity index (χ3n) is 6.18. The van der Waals surface area contributed by atoms with Crippen LogP contribution < -0.4 is 30.2 Å². The second kappa shape index (κ2) is 12.8. The molecule has 0 bridgehead atoms. The fourth-order valence-electron chi connectivity index (χ4n) is 4.38. The third kappa shape index (κ3) is 5.97. The lowest BCUT2D eigenvalue weighted by molar-refractivity contribution is -0.137. The Kier molecular flexibility index (Phi) is 9.24. The van der Waals surface area contributed by atoms with E-state index < -0.39 is 35.1 Å². The summed E-state index contributed by atoms with van der Waals surface area (Å²) < 4.78 is 33.0. The molecule has 4 aromatic rings. The van der Waals surface area contributed by atoms with E-state index in [1.54, 1.807) is 27.7 Å². The molecule has 0 unspecified atom stereocenters. The molecular formula is C30H30O12. The lowest BCUT2D eigenvalue weighted by atomic mass is 10.0. The van der Waals surface area contributed by atoms with E-state index in [9.17, 15) is 28.8 Å². The summed E-state index contributed by atoms with van der Waals surface area (Å²) in [5.74, 6) is -4.13. The van der Waals surface area contributed by atoms with Crippen molar-refractivity contribution in [3.8, 4) is 23.0 Å². The number of hydrogen-bond donors (Lipinski definition) is 0. The van der Waals surface area contributed by atoms with Gasteiger partial charge in [-0.25, -0.2) is 9.59 Å². The Bertz CT molecular complexity index is 1660. The van der Waals surface area contributed by atoms with Crippen LogP contribution in [0.3, 0.4) is 0 Å². The summed E-state index contributed by atoms with van der Waals surface area (Å²) in [6.45, 7) is 7.03. The summed E-state index contributed by atoms with van der Waals surface area (Å²) in [7, 11) is 0. The van der Waals surface area contributed by atoms with Crippen LogP contribution in [-0.2, 0) is 19.2 Å². The molecule has 0 spiro atoms. The molecule has 12 nitrogen and oxygen atoms in total. The van der Waals surface area contributed by atoms with Crippen LogP contribution in [0.15, 0.2) is 30.6 Å². The molecule has 0 aliphatic rings. The van der Waals surface area contributed by atoms with Crippen LogP contribution in [0.25, 0.3) is 32.7 Å². The lowest BCUT2D eigenvalue weighted by Crippen LogP contribution is -2.16. The molecule has 2 aromatic carbocycles. The average molecular weight is 583 g/mol. The number of rotatable bonds is 12. The topological polar surface area (TPSA) is 166 Å². The molecule has 12 heteroatoms. The molecule has 0 aliphatic heterocycles. The number of ether oxygens (including phenoxy) is 4. The molecule has 0 radical (unpaired) electrons. The lowest BCUT2D eigenvalue weighted by Gasteiger charge is -2.17. The summed E-state index contributed by atoms with van der Waals surface area (Å²) in [4.78, 5) is 76.6. The number of carbonyl (C=O) groups excluding carboxylic acids is 4. The summed E-state index contributed by atoms with van der Waals surface area (Å²) in [6.07, 6.45) is 1.85. The Morgan fingerprint density at radius 2 is 0.857 bits per heavy atom. The van der Waals surface area contributed by atoms with Crippen LogP contribution in [0.5, 0.6) is 23.0 Å². The molecule has 4 rings (SSSR count). The first-order valence-electron chi connectivity index (χ1n) is 13.8. The molecule has 0 atom stereocenters. The molecule has 0 aliphatic carbocycles. The highest BCUT2D eigenvalue weighted by molar-refractivity contribution is 6.22. The van der Waals surface area contributed by atoms with Crippen molar-refractivity contribution in [2.45, 2.75) is 79.1 Å². The second-order valence-electron chi connectivity index (χ2n) is 9.59. The van der Waals surface area contributed by atoms with Gasteiger partial charge in [0.05, 0.1) is 10.8 Å². The quantitative estimate of drug-likeness (QED) is 0.0915. The van der Waals surface area contributed by atoms with Crippen LogP contribution >= 0.6 is 0 Å². The normalized spacial score (nSPS) is 11.2. The van der Waals surface area contributed by atoms with Crippen molar-refractivity contribution < 1.29 is 47.0 Å². The van der Waals surface area contributed by atoms with Gasteiger partial charge in [-0.2, -0.15) is 0 Å². The molecule has 0 fully saturated rings. The first-order chi connectivity index (χ1) is 20.1. The van der Waals surface area contributed by atoms with Crippen LogP contribution in [0, 0.1) is 0 Å². The largest absolute Gasteiger partial charge is 0.422 e. The van der Waals surface area contributed by atoms with Crippen LogP contribution in [-0.4, -0.2) is 23.9 Å². The highest BCUT2D eigenvalue weighted by Crippen LogP contribution is 2.46. The molecule has 2 heterocycles. The maximum atomic E-state index is 13.4. The van der Waals surface area contributed by atoms with Gasteiger partial charge in [-0.05, 0) is 25.7 Å². The smallest absolute Gasteiger partial charge is 0.344 e. The summed E-state index contributed by atoms with van der Waals surface area (Å²) in [6, 6.07) is 2.32. The van der Waals surface area contributed by atoms with Gasteiger partial charge >= 0.3 is 35.1 Å². The average Bonchev–Trinajstić information content (AvgIpc) is 2.92. The fourth-order valence-corrected chi connectivity index (χ4v) is 4.38. The van der Waals surface area contributed by atoms with Crippen molar-refractivity contribution in [2.24, 2.45) is 0 Å². The maximum absolute atomic E-state index is 13.4. The molecule has 2 aromatic heterocycles. The van der Waals surface area contributed by atoms with E-state index in [1.165, 1.54) is 0 Å². The molecule has 0 saturated heterocycles. The SMILES string of the molecule is CCCC(=O)Oc1cc2c(=O)oc3c(OC(=O)CCC)c(OC(=O)CCC)cc4c(=O)oc(c1OC(=O)CCC)c2c34. The molecule has 0 N–H and O–H groups in total. The first kappa shape index (κ1) is 30.2. The van der Waals surface area contributed by atoms with Crippen molar-refractivity contribution in [3.63, 3.8) is 0 Å². The Labute approximate surface area is 238 Å². The van der Waals surface area contributed by atoms with Crippen LogP contribution in [0.2, 0.25) is 0 Å². The third-order valence-corrected chi connectivity index (χ3v) is 6.18. The van der Waals surface area contributed by atoms with Gasteiger partial charge in [0.15, 0.2) is 22.7 Å². The fraction of sp³-hybridized carbons (Fsp3) is 0.400. The van der Waals surface area contributed by atoms with Gasteiger partial charge in [0, 0.05) is 48.6 Å². The first-order valence-corrected chi connectivity index (χ1v) is 13.8. The van der Waals surface area contributed by atoms with Crippen molar-refractivity contribution >= 4 is 56.6 Å². The summed E-state index contributed by atoms with van der Waals surface area (Å²) in [5.41, 5.74) is -2.67. The van der Waals surface area contributed by atoms with Gasteiger partial charge in [0.2, 0.25) is 11.5 Å². The Morgan fingerprint density at radius 3 is 1.17 bits per heavy atom. The predicted octanol–water partition coefficient (Wildman–Crippen LogP) is 5.31. The molecule has 0 amide bonds. The highest BCUT2D eigenvalue weighted by atomic mass is 16.6.